The number of carbonyl (C=O) groups is 2. The fraction of sp³-hybridized carbons (Fsp3) is 0.125. The number of aryl methyl sites for hydroxylation is 1. The van der Waals surface area contributed by atoms with Crippen LogP contribution in [0.5, 0.6) is 0 Å². The van der Waals surface area contributed by atoms with Gasteiger partial charge in [-0.15, -0.1) is 0 Å². The zero-order chi connectivity index (χ0) is 14.0. The van der Waals surface area contributed by atoms with E-state index in [1.54, 1.807) is 31.2 Å². The topological polar surface area (TPSA) is 54.4 Å². The first kappa shape index (κ1) is 13.0. The third kappa shape index (κ3) is 2.40. The summed E-state index contributed by atoms with van der Waals surface area (Å²) in [5.41, 5.74) is 2.60. The standard InChI is InChI=1S/C16H14O3/c1-10-6-3-4-7-12(10)15(17)13-8-5-9-14(11(13)2)16(18)19/h3-9H,1-2H3,(H,18,19). The lowest BCUT2D eigenvalue weighted by Crippen LogP contribution is -2.09. The number of benzene rings is 2. The Morgan fingerprint density at radius 1 is 0.842 bits per heavy atom. The fourth-order valence-electron chi connectivity index (χ4n) is 2.09. The molecular formula is C16H14O3. The van der Waals surface area contributed by atoms with E-state index in [2.05, 4.69) is 0 Å². The molecule has 0 aliphatic heterocycles. The van der Waals surface area contributed by atoms with Gasteiger partial charge in [0, 0.05) is 11.1 Å². The van der Waals surface area contributed by atoms with Crippen LogP contribution in [0.25, 0.3) is 0 Å². The van der Waals surface area contributed by atoms with Crippen LogP contribution in [0, 0.1) is 13.8 Å². The van der Waals surface area contributed by atoms with Crippen LogP contribution in [-0.2, 0) is 0 Å². The molecule has 0 saturated carbocycles. The van der Waals surface area contributed by atoms with E-state index in [9.17, 15) is 9.59 Å². The normalized spacial score (nSPS) is 10.2. The molecule has 0 saturated heterocycles. The summed E-state index contributed by atoms with van der Waals surface area (Å²) >= 11 is 0. The first-order chi connectivity index (χ1) is 9.02. The maximum atomic E-state index is 12.5. The summed E-state index contributed by atoms with van der Waals surface area (Å²) in [6.45, 7) is 3.53. The molecule has 0 aromatic heterocycles. The predicted molar refractivity (Wildman–Crippen MR) is 72.7 cm³/mol. The van der Waals surface area contributed by atoms with Gasteiger partial charge >= 0.3 is 5.97 Å². The Morgan fingerprint density at radius 2 is 1.42 bits per heavy atom. The summed E-state index contributed by atoms with van der Waals surface area (Å²) in [4.78, 5) is 23.6. The van der Waals surface area contributed by atoms with Crippen molar-refractivity contribution in [1.29, 1.82) is 0 Å². The number of hydrogen-bond donors (Lipinski definition) is 1. The zero-order valence-electron chi connectivity index (χ0n) is 10.8. The lowest BCUT2D eigenvalue weighted by Gasteiger charge is -2.09. The number of carboxylic acid groups (broad SMARTS) is 1. The summed E-state index contributed by atoms with van der Waals surface area (Å²) in [5, 5.41) is 9.09. The van der Waals surface area contributed by atoms with Crippen LogP contribution in [0.3, 0.4) is 0 Å². The number of aromatic carboxylic acids is 1. The van der Waals surface area contributed by atoms with Crippen LogP contribution in [0.2, 0.25) is 0 Å². The molecule has 2 rings (SSSR count). The van der Waals surface area contributed by atoms with Gasteiger partial charge in [-0.25, -0.2) is 4.79 Å². The molecule has 0 bridgehead atoms. The molecule has 19 heavy (non-hydrogen) atoms. The Labute approximate surface area is 111 Å². The van der Waals surface area contributed by atoms with E-state index in [0.717, 1.165) is 5.56 Å². The largest absolute Gasteiger partial charge is 0.478 e. The molecule has 2 aromatic rings. The molecule has 96 valence electrons. The minimum atomic E-state index is -1.02. The molecule has 0 spiro atoms. The van der Waals surface area contributed by atoms with Gasteiger partial charge in [0.15, 0.2) is 5.78 Å². The Bertz CT molecular complexity index is 657. The Balaban J connectivity index is 2.55. The second kappa shape index (κ2) is 5.06. The van der Waals surface area contributed by atoms with Crippen LogP contribution < -0.4 is 0 Å². The van der Waals surface area contributed by atoms with Crippen molar-refractivity contribution < 1.29 is 14.7 Å². The van der Waals surface area contributed by atoms with Crippen LogP contribution in [-0.4, -0.2) is 16.9 Å². The van der Waals surface area contributed by atoms with Gasteiger partial charge in [-0.3, -0.25) is 4.79 Å². The molecule has 0 fully saturated rings. The van der Waals surface area contributed by atoms with Gasteiger partial charge in [0.1, 0.15) is 0 Å². The van der Waals surface area contributed by atoms with Crippen molar-refractivity contribution in [2.45, 2.75) is 13.8 Å². The van der Waals surface area contributed by atoms with Crippen molar-refractivity contribution in [1.82, 2.24) is 0 Å². The number of carboxylic acids is 1. The molecule has 0 atom stereocenters. The van der Waals surface area contributed by atoms with Gasteiger partial charge in [0.2, 0.25) is 0 Å². The summed E-state index contributed by atoms with van der Waals surface area (Å²) in [7, 11) is 0. The highest BCUT2D eigenvalue weighted by Crippen LogP contribution is 2.19. The summed E-state index contributed by atoms with van der Waals surface area (Å²) in [6.07, 6.45) is 0. The van der Waals surface area contributed by atoms with Crippen molar-refractivity contribution in [2.24, 2.45) is 0 Å². The lowest BCUT2D eigenvalue weighted by molar-refractivity contribution is 0.0696. The minimum absolute atomic E-state index is 0.140. The third-order valence-electron chi connectivity index (χ3n) is 3.20. The molecule has 0 radical (unpaired) electrons. The van der Waals surface area contributed by atoms with Crippen LogP contribution in [0.1, 0.15) is 37.4 Å². The molecule has 1 N–H and O–H groups in total. The molecular weight excluding hydrogens is 240 g/mol. The molecule has 0 heterocycles. The number of rotatable bonds is 3. The Hall–Kier alpha value is -2.42. The lowest BCUT2D eigenvalue weighted by atomic mass is 9.93. The van der Waals surface area contributed by atoms with Gasteiger partial charge in [0.05, 0.1) is 5.56 Å². The second-order valence-electron chi connectivity index (χ2n) is 4.43. The molecule has 2 aromatic carbocycles. The first-order valence-electron chi connectivity index (χ1n) is 5.95. The second-order valence-corrected chi connectivity index (χ2v) is 4.43. The third-order valence-corrected chi connectivity index (χ3v) is 3.20. The molecule has 3 nitrogen and oxygen atoms in total. The van der Waals surface area contributed by atoms with E-state index in [-0.39, 0.29) is 11.3 Å². The van der Waals surface area contributed by atoms with E-state index in [1.165, 1.54) is 6.07 Å². The summed E-state index contributed by atoms with van der Waals surface area (Å²) in [5.74, 6) is -1.16. The van der Waals surface area contributed by atoms with E-state index < -0.39 is 5.97 Å². The van der Waals surface area contributed by atoms with Crippen molar-refractivity contribution in [3.63, 3.8) is 0 Å². The average Bonchev–Trinajstić information content (AvgIpc) is 2.38. The quantitative estimate of drug-likeness (QED) is 0.855. The van der Waals surface area contributed by atoms with Gasteiger partial charge in [-0.1, -0.05) is 36.4 Å². The molecule has 0 amide bonds. The van der Waals surface area contributed by atoms with E-state index >= 15 is 0 Å². The van der Waals surface area contributed by atoms with Crippen LogP contribution in [0.4, 0.5) is 0 Å². The Morgan fingerprint density at radius 3 is 2.05 bits per heavy atom. The fourth-order valence-corrected chi connectivity index (χ4v) is 2.09. The van der Waals surface area contributed by atoms with Crippen LogP contribution >= 0.6 is 0 Å². The summed E-state index contributed by atoms with van der Waals surface area (Å²) in [6, 6.07) is 12.1. The highest BCUT2D eigenvalue weighted by molar-refractivity contribution is 6.11. The zero-order valence-corrected chi connectivity index (χ0v) is 10.8. The van der Waals surface area contributed by atoms with Crippen molar-refractivity contribution in [3.05, 3.63) is 70.3 Å². The van der Waals surface area contributed by atoms with Crippen LogP contribution in [0.15, 0.2) is 42.5 Å². The summed E-state index contributed by atoms with van der Waals surface area (Å²) < 4.78 is 0. The van der Waals surface area contributed by atoms with Crippen molar-refractivity contribution in [2.75, 3.05) is 0 Å². The van der Waals surface area contributed by atoms with Crippen molar-refractivity contribution in [3.8, 4) is 0 Å². The van der Waals surface area contributed by atoms with E-state index in [1.807, 2.05) is 19.1 Å². The minimum Gasteiger partial charge on any atom is -0.478 e. The van der Waals surface area contributed by atoms with Gasteiger partial charge < -0.3 is 5.11 Å². The maximum Gasteiger partial charge on any atom is 0.335 e. The number of hydrogen-bond acceptors (Lipinski definition) is 2. The van der Waals surface area contributed by atoms with Gasteiger partial charge in [0.25, 0.3) is 0 Å². The number of carbonyl (C=O) groups excluding carboxylic acids is 1. The van der Waals surface area contributed by atoms with Gasteiger partial charge in [-0.05, 0) is 31.0 Å². The molecule has 0 unspecified atom stereocenters. The van der Waals surface area contributed by atoms with Gasteiger partial charge in [-0.2, -0.15) is 0 Å². The SMILES string of the molecule is Cc1ccccc1C(=O)c1cccc(C(=O)O)c1C. The number of ketones is 1. The predicted octanol–water partition coefficient (Wildman–Crippen LogP) is 3.23. The first-order valence-corrected chi connectivity index (χ1v) is 5.95. The monoisotopic (exact) mass is 254 g/mol. The highest BCUT2D eigenvalue weighted by Gasteiger charge is 2.17. The van der Waals surface area contributed by atoms with E-state index in [0.29, 0.717) is 16.7 Å². The average molecular weight is 254 g/mol. The Kier molecular flexibility index (Phi) is 3.47. The van der Waals surface area contributed by atoms with Crippen molar-refractivity contribution >= 4 is 11.8 Å². The van der Waals surface area contributed by atoms with E-state index in [4.69, 9.17) is 5.11 Å². The molecule has 0 aliphatic carbocycles. The molecule has 3 heteroatoms. The molecule has 0 aliphatic rings. The maximum absolute atomic E-state index is 12.5. The highest BCUT2D eigenvalue weighted by atomic mass is 16.4. The smallest absolute Gasteiger partial charge is 0.335 e.